The Balaban J connectivity index is 1.84. The molecule has 0 saturated carbocycles. The normalized spacial score (nSPS) is 21.7. The third-order valence-corrected chi connectivity index (χ3v) is 7.94. The Labute approximate surface area is 154 Å². The average Bonchev–Trinajstić information content (AvgIpc) is 2.92. The number of hydrogen-bond acceptors (Lipinski definition) is 3. The number of aryl methyl sites for hydroxylation is 1. The number of hydrogen-bond donors (Lipinski definition) is 0. The van der Waals surface area contributed by atoms with Crippen molar-refractivity contribution in [1.29, 1.82) is 0 Å². The number of nitrogens with zero attached hydrogens (tertiary/aromatic N) is 2. The van der Waals surface area contributed by atoms with Gasteiger partial charge in [-0.2, -0.15) is 0 Å². The maximum atomic E-state index is 13.5. The summed E-state index contributed by atoms with van der Waals surface area (Å²) in [4.78, 5) is 2.82. The molecule has 1 unspecified atom stereocenters. The van der Waals surface area contributed by atoms with E-state index in [0.29, 0.717) is 11.4 Å². The van der Waals surface area contributed by atoms with Crippen molar-refractivity contribution in [3.63, 3.8) is 0 Å². The third-order valence-electron chi connectivity index (χ3n) is 5.85. The van der Waals surface area contributed by atoms with E-state index in [2.05, 4.69) is 22.6 Å². The number of fused-ring (bicyclic) bond motifs is 3. The smallest absolute Gasteiger partial charge is 0.189 e. The van der Waals surface area contributed by atoms with E-state index in [1.165, 1.54) is 11.3 Å². The maximum absolute atomic E-state index is 13.5. The monoisotopic (exact) mass is 366 g/mol. The standard InChI is InChI=1S/C21H22N2O2S/c1-14-10-16-17-12-22(2)9-8-18(17)23-13-20(15-6-4-3-5-7-15)26(24,25)19(11-14)21(16)23/h3-7,10-11,20H,8-9,12-13H2,1-2H3. The van der Waals surface area contributed by atoms with E-state index in [9.17, 15) is 8.42 Å². The summed E-state index contributed by atoms with van der Waals surface area (Å²) in [7, 11) is -1.28. The van der Waals surface area contributed by atoms with Crippen LogP contribution in [0, 0.1) is 6.92 Å². The zero-order valence-electron chi connectivity index (χ0n) is 15.1. The molecule has 0 spiro atoms. The summed E-state index contributed by atoms with van der Waals surface area (Å²) >= 11 is 0. The first kappa shape index (κ1) is 16.1. The molecule has 0 bridgehead atoms. The van der Waals surface area contributed by atoms with E-state index < -0.39 is 15.1 Å². The SMILES string of the molecule is Cc1cc2c3c(c1)c1c(n3CC(c3ccccc3)S2(=O)=O)CCN(C)C1. The molecular weight excluding hydrogens is 344 g/mol. The van der Waals surface area contributed by atoms with E-state index in [4.69, 9.17) is 0 Å². The van der Waals surface area contributed by atoms with Gasteiger partial charge in [0.2, 0.25) is 0 Å². The summed E-state index contributed by atoms with van der Waals surface area (Å²) in [5, 5.41) is 0.606. The maximum Gasteiger partial charge on any atom is 0.189 e. The van der Waals surface area contributed by atoms with Gasteiger partial charge in [0.1, 0.15) is 5.25 Å². The molecule has 0 radical (unpaired) electrons. The fourth-order valence-corrected chi connectivity index (χ4v) is 6.61. The first-order chi connectivity index (χ1) is 12.5. The Morgan fingerprint density at radius 3 is 2.65 bits per heavy atom. The van der Waals surface area contributed by atoms with Gasteiger partial charge in [-0.05, 0) is 42.8 Å². The molecule has 0 fully saturated rings. The fraction of sp³-hybridized carbons (Fsp3) is 0.333. The largest absolute Gasteiger partial charge is 0.341 e. The van der Waals surface area contributed by atoms with Gasteiger partial charge in [-0.15, -0.1) is 0 Å². The van der Waals surface area contributed by atoms with Crippen LogP contribution in [0.15, 0.2) is 47.4 Å². The molecule has 1 atom stereocenters. The molecule has 26 heavy (non-hydrogen) atoms. The lowest BCUT2D eigenvalue weighted by molar-refractivity contribution is 0.309. The quantitative estimate of drug-likeness (QED) is 0.662. The molecular formula is C21H22N2O2S. The third kappa shape index (κ3) is 2.14. The molecule has 3 aromatic rings. The highest BCUT2D eigenvalue weighted by Crippen LogP contribution is 2.44. The lowest BCUT2D eigenvalue weighted by atomic mass is 10.0. The van der Waals surface area contributed by atoms with Gasteiger partial charge in [-0.3, -0.25) is 0 Å². The highest BCUT2D eigenvalue weighted by Gasteiger charge is 2.39. The van der Waals surface area contributed by atoms with E-state index in [1.807, 2.05) is 43.3 Å². The van der Waals surface area contributed by atoms with Crippen LogP contribution in [0.2, 0.25) is 0 Å². The minimum absolute atomic E-state index is 0.504. The predicted molar refractivity (Wildman–Crippen MR) is 103 cm³/mol. The van der Waals surface area contributed by atoms with Crippen LogP contribution in [0.4, 0.5) is 0 Å². The van der Waals surface area contributed by atoms with Crippen molar-refractivity contribution in [1.82, 2.24) is 9.47 Å². The van der Waals surface area contributed by atoms with Crippen LogP contribution in [0.25, 0.3) is 10.9 Å². The number of benzene rings is 2. The van der Waals surface area contributed by atoms with Crippen molar-refractivity contribution in [2.75, 3.05) is 13.6 Å². The van der Waals surface area contributed by atoms with Gasteiger partial charge in [-0.1, -0.05) is 30.3 Å². The number of rotatable bonds is 1. The fourth-order valence-electron chi connectivity index (χ4n) is 4.60. The Morgan fingerprint density at radius 2 is 1.88 bits per heavy atom. The second-order valence-corrected chi connectivity index (χ2v) is 9.73. The molecule has 5 heteroatoms. The number of aromatic nitrogens is 1. The molecule has 134 valence electrons. The average molecular weight is 366 g/mol. The van der Waals surface area contributed by atoms with Gasteiger partial charge < -0.3 is 9.47 Å². The van der Waals surface area contributed by atoms with Crippen molar-refractivity contribution in [2.24, 2.45) is 0 Å². The first-order valence-electron chi connectivity index (χ1n) is 9.09. The minimum atomic E-state index is -3.41. The van der Waals surface area contributed by atoms with Gasteiger partial charge in [0.05, 0.1) is 10.4 Å². The van der Waals surface area contributed by atoms with E-state index in [0.717, 1.165) is 41.5 Å². The Morgan fingerprint density at radius 1 is 1.12 bits per heavy atom. The van der Waals surface area contributed by atoms with Crippen LogP contribution in [0.1, 0.15) is 27.6 Å². The van der Waals surface area contributed by atoms with Crippen molar-refractivity contribution >= 4 is 20.7 Å². The molecule has 2 aliphatic heterocycles. The van der Waals surface area contributed by atoms with Crippen molar-refractivity contribution < 1.29 is 8.42 Å². The van der Waals surface area contributed by atoms with Crippen LogP contribution in [-0.2, 0) is 29.3 Å². The molecule has 4 nitrogen and oxygen atoms in total. The highest BCUT2D eigenvalue weighted by atomic mass is 32.2. The molecule has 0 saturated heterocycles. The molecule has 2 aromatic carbocycles. The minimum Gasteiger partial charge on any atom is -0.341 e. The molecule has 5 rings (SSSR count). The van der Waals surface area contributed by atoms with Gasteiger partial charge in [0, 0.05) is 37.1 Å². The van der Waals surface area contributed by atoms with Crippen LogP contribution in [0.5, 0.6) is 0 Å². The topological polar surface area (TPSA) is 42.3 Å². The Hall–Kier alpha value is -2.11. The number of likely N-dealkylation sites (N-methyl/N-ethyl adjacent to an activating group) is 1. The van der Waals surface area contributed by atoms with Crippen LogP contribution < -0.4 is 0 Å². The summed E-state index contributed by atoms with van der Waals surface area (Å²) in [6.45, 7) is 4.41. The van der Waals surface area contributed by atoms with Gasteiger partial charge in [-0.25, -0.2) is 8.42 Å². The van der Waals surface area contributed by atoms with Crippen LogP contribution in [-0.4, -0.2) is 31.5 Å². The van der Waals surface area contributed by atoms with Gasteiger partial charge in [0.15, 0.2) is 9.84 Å². The highest BCUT2D eigenvalue weighted by molar-refractivity contribution is 7.92. The summed E-state index contributed by atoms with van der Waals surface area (Å²) < 4.78 is 29.3. The lowest BCUT2D eigenvalue weighted by Crippen LogP contribution is -2.29. The summed E-state index contributed by atoms with van der Waals surface area (Å²) in [6.07, 6.45) is 0.973. The van der Waals surface area contributed by atoms with E-state index in [1.54, 1.807) is 0 Å². The first-order valence-corrected chi connectivity index (χ1v) is 10.6. The van der Waals surface area contributed by atoms with Gasteiger partial charge >= 0.3 is 0 Å². The number of sulfone groups is 1. The lowest BCUT2D eigenvalue weighted by Gasteiger charge is -2.28. The van der Waals surface area contributed by atoms with Crippen molar-refractivity contribution in [3.8, 4) is 0 Å². The molecule has 3 heterocycles. The second-order valence-electron chi connectivity index (χ2n) is 7.63. The molecule has 0 N–H and O–H groups in total. The Kier molecular flexibility index (Phi) is 3.37. The molecule has 0 amide bonds. The predicted octanol–water partition coefficient (Wildman–Crippen LogP) is 3.47. The summed E-state index contributed by atoms with van der Waals surface area (Å²) in [6, 6.07) is 13.7. The molecule has 2 aliphatic rings. The van der Waals surface area contributed by atoms with Crippen LogP contribution >= 0.6 is 0 Å². The van der Waals surface area contributed by atoms with Crippen LogP contribution in [0.3, 0.4) is 0 Å². The zero-order chi connectivity index (χ0) is 18.1. The Bertz CT molecular complexity index is 1130. The summed E-state index contributed by atoms with van der Waals surface area (Å²) in [5.74, 6) is 0. The van der Waals surface area contributed by atoms with E-state index in [-0.39, 0.29) is 0 Å². The zero-order valence-corrected chi connectivity index (χ0v) is 15.9. The summed E-state index contributed by atoms with van der Waals surface area (Å²) in [5.41, 5.74) is 5.44. The van der Waals surface area contributed by atoms with Crippen molar-refractivity contribution in [2.45, 2.75) is 36.6 Å². The van der Waals surface area contributed by atoms with E-state index >= 15 is 0 Å². The van der Waals surface area contributed by atoms with Gasteiger partial charge in [0.25, 0.3) is 0 Å². The van der Waals surface area contributed by atoms with Crippen molar-refractivity contribution in [3.05, 3.63) is 64.8 Å². The second kappa shape index (κ2) is 5.44. The molecule has 1 aromatic heterocycles. The molecule has 0 aliphatic carbocycles.